The normalized spacial score (nSPS) is 11.3. The van der Waals surface area contributed by atoms with Crippen molar-refractivity contribution in [3.05, 3.63) is 0 Å². The molecular weight excluding hydrogens is 477 g/mol. The molecule has 0 saturated carbocycles. The van der Waals surface area contributed by atoms with Gasteiger partial charge in [-0.1, -0.05) is 78.1 Å². The number of ether oxygens (including phenoxy) is 4. The Morgan fingerprint density at radius 2 is 0.829 bits per heavy atom. The first-order valence-electron chi connectivity index (χ1n) is 13.2. The van der Waals surface area contributed by atoms with Crippen LogP contribution in [-0.4, -0.2) is 52.0 Å². The Bertz CT molecular complexity index is 519. The molecule has 0 unspecified atom stereocenters. The van der Waals surface area contributed by atoms with Gasteiger partial charge in [0.25, 0.3) is 0 Å². The lowest BCUT2D eigenvalue weighted by atomic mass is 10.1. The number of nitrogens with two attached hydrogens (primary N) is 1. The van der Waals surface area contributed by atoms with Crippen LogP contribution in [0, 0.1) is 0 Å². The Morgan fingerprint density at radius 1 is 0.514 bits per heavy atom. The van der Waals surface area contributed by atoms with E-state index in [-0.39, 0.29) is 26.4 Å². The highest BCUT2D eigenvalue weighted by molar-refractivity contribution is 7.51. The number of hydrogen-bond acceptors (Lipinski definition) is 9. The summed E-state index contributed by atoms with van der Waals surface area (Å²) in [4.78, 5) is 23.0. The third-order valence-corrected chi connectivity index (χ3v) is 6.08. The summed E-state index contributed by atoms with van der Waals surface area (Å²) in [6.45, 7) is 5.13. The maximum atomic E-state index is 12.0. The summed E-state index contributed by atoms with van der Waals surface area (Å²) in [6.07, 6.45) is 12.4. The van der Waals surface area contributed by atoms with Crippen LogP contribution in [0.5, 0.6) is 0 Å². The minimum atomic E-state index is -3.73. The number of carbonyl (C=O) groups is 2. The van der Waals surface area contributed by atoms with Crippen molar-refractivity contribution >= 4 is 20.1 Å². The van der Waals surface area contributed by atoms with Crippen LogP contribution >= 0.6 is 7.75 Å². The van der Waals surface area contributed by atoms with E-state index in [0.29, 0.717) is 26.1 Å². The van der Waals surface area contributed by atoms with E-state index in [0.717, 1.165) is 38.5 Å². The van der Waals surface area contributed by atoms with Crippen LogP contribution in [0.25, 0.3) is 0 Å². The van der Waals surface area contributed by atoms with Gasteiger partial charge in [-0.15, -0.1) is 0 Å². The first-order chi connectivity index (χ1) is 16.9. The molecule has 0 aliphatic carbocycles. The average molecular weight is 526 g/mol. The fraction of sp³-hybridized carbons (Fsp3) is 0.917. The van der Waals surface area contributed by atoms with E-state index in [4.69, 9.17) is 33.5 Å². The van der Waals surface area contributed by atoms with Crippen molar-refractivity contribution < 1.29 is 42.1 Å². The maximum absolute atomic E-state index is 12.0. The fourth-order valence-electron chi connectivity index (χ4n) is 3.01. The van der Waals surface area contributed by atoms with Gasteiger partial charge in [0.05, 0.1) is 39.6 Å². The third kappa shape index (κ3) is 25.5. The highest BCUT2D eigenvalue weighted by Crippen LogP contribution is 2.38. The van der Waals surface area contributed by atoms with Gasteiger partial charge in [0, 0.05) is 12.8 Å². The Balaban J connectivity index is 3.54. The van der Waals surface area contributed by atoms with Crippen LogP contribution < -0.4 is 5.50 Å². The molecule has 0 fully saturated rings. The van der Waals surface area contributed by atoms with Crippen LogP contribution in [-0.2, 0) is 32.6 Å². The number of hydrogen-bond donors (Lipinski definition) is 1. The lowest BCUT2D eigenvalue weighted by Gasteiger charge is -2.13. The maximum Gasteiger partial charge on any atom is 0.508 e. The molecule has 0 aliphatic heterocycles. The summed E-state index contributed by atoms with van der Waals surface area (Å²) in [7, 11) is -3.73. The van der Waals surface area contributed by atoms with Crippen molar-refractivity contribution in [2.75, 3.05) is 39.6 Å². The van der Waals surface area contributed by atoms with Gasteiger partial charge < -0.3 is 18.9 Å². The molecule has 0 aromatic heterocycles. The smallest absolute Gasteiger partial charge is 0.434 e. The fourth-order valence-corrected chi connectivity index (χ4v) is 3.85. The zero-order valence-corrected chi connectivity index (χ0v) is 22.7. The van der Waals surface area contributed by atoms with E-state index in [1.54, 1.807) is 0 Å². The molecule has 208 valence electrons. The minimum absolute atomic E-state index is 0.000241. The monoisotopic (exact) mass is 525 g/mol. The molecule has 0 heterocycles. The molecule has 0 spiro atoms. The standard InChI is InChI=1S/C24H48NO9P/c1-3-5-7-9-11-13-17-29-23(26)31-19-15-21-33-35(25,28)34-22-16-20-32-24(27)30-18-14-12-10-8-6-4-2/h3-22H2,1-2H3,(H2,25,28). The molecule has 0 saturated heterocycles. The van der Waals surface area contributed by atoms with Crippen molar-refractivity contribution in [3.8, 4) is 0 Å². The van der Waals surface area contributed by atoms with Crippen molar-refractivity contribution in [1.82, 2.24) is 0 Å². The van der Waals surface area contributed by atoms with E-state index in [1.165, 1.54) is 38.5 Å². The summed E-state index contributed by atoms with van der Waals surface area (Å²) < 4.78 is 41.9. The highest BCUT2D eigenvalue weighted by atomic mass is 31.2. The average Bonchev–Trinajstić information content (AvgIpc) is 2.82. The summed E-state index contributed by atoms with van der Waals surface area (Å²) in [5, 5.41) is 0. The lowest BCUT2D eigenvalue weighted by molar-refractivity contribution is 0.0496. The predicted octanol–water partition coefficient (Wildman–Crippen LogP) is 6.89. The van der Waals surface area contributed by atoms with Gasteiger partial charge in [-0.3, -0.25) is 9.05 Å². The molecule has 35 heavy (non-hydrogen) atoms. The molecule has 2 N–H and O–H groups in total. The Labute approximate surface area is 211 Å². The van der Waals surface area contributed by atoms with Gasteiger partial charge in [-0.25, -0.2) is 19.7 Å². The Morgan fingerprint density at radius 3 is 1.20 bits per heavy atom. The largest absolute Gasteiger partial charge is 0.508 e. The second-order valence-corrected chi connectivity index (χ2v) is 9.94. The number of rotatable bonds is 24. The third-order valence-electron chi connectivity index (χ3n) is 5.00. The number of unbranched alkanes of at least 4 members (excludes halogenated alkanes) is 10. The van der Waals surface area contributed by atoms with Crippen LogP contribution in [0.2, 0.25) is 0 Å². The van der Waals surface area contributed by atoms with Crippen LogP contribution in [0.1, 0.15) is 104 Å². The molecule has 0 aliphatic rings. The zero-order chi connectivity index (χ0) is 26.0. The minimum Gasteiger partial charge on any atom is -0.434 e. The lowest BCUT2D eigenvalue weighted by Crippen LogP contribution is -2.13. The zero-order valence-electron chi connectivity index (χ0n) is 21.8. The molecule has 0 bridgehead atoms. The first-order valence-corrected chi connectivity index (χ1v) is 14.8. The summed E-state index contributed by atoms with van der Waals surface area (Å²) >= 11 is 0. The second kappa shape index (κ2) is 24.3. The van der Waals surface area contributed by atoms with Gasteiger partial charge in [0.2, 0.25) is 0 Å². The SMILES string of the molecule is CCCCCCCCOC(=O)OCCCOP(N)(=O)OCCCOC(=O)OCCCCCCCC. The quantitative estimate of drug-likeness (QED) is 0.0806. The predicted molar refractivity (Wildman–Crippen MR) is 134 cm³/mol. The van der Waals surface area contributed by atoms with E-state index in [1.807, 2.05) is 0 Å². The first kappa shape index (κ1) is 33.7. The summed E-state index contributed by atoms with van der Waals surface area (Å²) in [6, 6.07) is 0. The van der Waals surface area contributed by atoms with E-state index < -0.39 is 20.1 Å². The van der Waals surface area contributed by atoms with Gasteiger partial charge in [0.15, 0.2) is 0 Å². The topological polar surface area (TPSA) is 133 Å². The molecule has 0 aromatic carbocycles. The van der Waals surface area contributed by atoms with Gasteiger partial charge in [-0.2, -0.15) is 0 Å². The number of carbonyl (C=O) groups excluding carboxylic acids is 2. The van der Waals surface area contributed by atoms with Crippen molar-refractivity contribution in [2.45, 2.75) is 104 Å². The van der Waals surface area contributed by atoms with Crippen molar-refractivity contribution in [1.29, 1.82) is 0 Å². The second-order valence-electron chi connectivity index (χ2n) is 8.34. The van der Waals surface area contributed by atoms with E-state index in [9.17, 15) is 14.2 Å². The van der Waals surface area contributed by atoms with Crippen molar-refractivity contribution in [3.63, 3.8) is 0 Å². The van der Waals surface area contributed by atoms with Gasteiger partial charge in [-0.05, 0) is 12.8 Å². The molecule has 0 rings (SSSR count). The molecule has 0 radical (unpaired) electrons. The highest BCUT2D eigenvalue weighted by Gasteiger charge is 2.18. The molecule has 11 heteroatoms. The molecule has 0 amide bonds. The van der Waals surface area contributed by atoms with E-state index in [2.05, 4.69) is 13.8 Å². The van der Waals surface area contributed by atoms with Gasteiger partial charge >= 0.3 is 20.1 Å². The molecule has 0 aromatic rings. The molecule has 0 atom stereocenters. The van der Waals surface area contributed by atoms with Crippen LogP contribution in [0.4, 0.5) is 9.59 Å². The Hall–Kier alpha value is -1.35. The Kier molecular flexibility index (Phi) is 23.4. The molecular formula is C24H48NO9P. The molecule has 10 nitrogen and oxygen atoms in total. The van der Waals surface area contributed by atoms with Crippen LogP contribution in [0.3, 0.4) is 0 Å². The van der Waals surface area contributed by atoms with E-state index >= 15 is 0 Å². The summed E-state index contributed by atoms with van der Waals surface area (Å²) in [5.41, 5.74) is 5.50. The van der Waals surface area contributed by atoms with Gasteiger partial charge in [0.1, 0.15) is 0 Å². The summed E-state index contributed by atoms with van der Waals surface area (Å²) in [5.74, 6) is 0. The van der Waals surface area contributed by atoms with Crippen LogP contribution in [0.15, 0.2) is 0 Å². The van der Waals surface area contributed by atoms with Crippen molar-refractivity contribution in [2.24, 2.45) is 5.50 Å².